The number of hydrogen-bond donors (Lipinski definition) is 0. The van der Waals surface area contributed by atoms with Crippen molar-refractivity contribution in [1.29, 1.82) is 0 Å². The Hall–Kier alpha value is -1.72. The van der Waals surface area contributed by atoms with Crippen molar-refractivity contribution < 1.29 is 17.9 Å². The Morgan fingerprint density at radius 1 is 1.26 bits per heavy atom. The molecule has 0 radical (unpaired) electrons. The molecule has 7 nitrogen and oxygen atoms in total. The van der Waals surface area contributed by atoms with Crippen LogP contribution in [-0.4, -0.2) is 42.4 Å². The number of ether oxygens (including phenoxy) is 1. The summed E-state index contributed by atoms with van der Waals surface area (Å²) in [4.78, 5) is 18.0. The van der Waals surface area contributed by atoms with E-state index in [9.17, 15) is 13.2 Å². The van der Waals surface area contributed by atoms with Gasteiger partial charge in [0.1, 0.15) is 16.0 Å². The molecule has 0 bridgehead atoms. The average molecular weight is 500 g/mol. The fraction of sp³-hybridized carbons (Fsp3) is 0.400. The first-order chi connectivity index (χ1) is 14.8. The Balaban J connectivity index is 1.70. The van der Waals surface area contributed by atoms with Crippen LogP contribution in [0.5, 0.6) is 5.75 Å². The summed E-state index contributed by atoms with van der Waals surface area (Å²) < 4.78 is 36.4. The number of thiazole rings is 1. The molecule has 3 heterocycles. The number of amides is 1. The molecule has 166 valence electrons. The van der Waals surface area contributed by atoms with E-state index in [1.807, 2.05) is 36.6 Å². The summed E-state index contributed by atoms with van der Waals surface area (Å²) in [5.41, 5.74) is 0.964. The SMILES string of the molecule is CCOc1ccc2c(c1)sc(=NC(=O)C1CCCN1S(=O)(=O)c1ccc(Cl)s1)n2CC. The standard InChI is InChI=1S/C20H22ClN3O4S3/c1-3-23-14-8-7-13(28-4-2)12-16(14)29-20(23)22-19(25)15-6-5-11-24(15)31(26,27)18-10-9-17(21)30-18/h7-10,12,15H,3-6,11H2,1-2H3. The summed E-state index contributed by atoms with van der Waals surface area (Å²) in [6.45, 7) is 5.42. The van der Waals surface area contributed by atoms with Crippen molar-refractivity contribution in [1.82, 2.24) is 8.87 Å². The van der Waals surface area contributed by atoms with Gasteiger partial charge in [0.05, 0.1) is 21.2 Å². The molecular weight excluding hydrogens is 478 g/mol. The van der Waals surface area contributed by atoms with Gasteiger partial charge in [-0.25, -0.2) is 8.42 Å². The first kappa shape index (κ1) is 22.5. The van der Waals surface area contributed by atoms with E-state index in [0.717, 1.165) is 27.3 Å². The van der Waals surface area contributed by atoms with Crippen molar-refractivity contribution in [3.8, 4) is 5.75 Å². The highest BCUT2D eigenvalue weighted by Gasteiger charge is 2.40. The third-order valence-electron chi connectivity index (χ3n) is 5.09. The third-order valence-corrected chi connectivity index (χ3v) is 9.74. The number of hydrogen-bond acceptors (Lipinski definition) is 6. The second-order valence-corrected chi connectivity index (χ2v) is 11.8. The highest BCUT2D eigenvalue weighted by Crippen LogP contribution is 2.32. The van der Waals surface area contributed by atoms with Gasteiger partial charge in [0.25, 0.3) is 15.9 Å². The van der Waals surface area contributed by atoms with E-state index in [-0.39, 0.29) is 4.21 Å². The van der Waals surface area contributed by atoms with Gasteiger partial charge in [0, 0.05) is 13.1 Å². The summed E-state index contributed by atoms with van der Waals surface area (Å²) >= 11 is 8.31. The minimum absolute atomic E-state index is 0.145. The number of rotatable bonds is 6. The molecule has 11 heteroatoms. The molecule has 1 amide bonds. The second-order valence-electron chi connectivity index (χ2n) is 6.97. The number of aromatic nitrogens is 1. The molecule has 1 aromatic carbocycles. The lowest BCUT2D eigenvalue weighted by Crippen LogP contribution is -2.40. The van der Waals surface area contributed by atoms with Crippen LogP contribution in [0.15, 0.2) is 39.5 Å². The molecule has 1 aliphatic heterocycles. The Morgan fingerprint density at radius 2 is 2.06 bits per heavy atom. The average Bonchev–Trinajstić information content (AvgIpc) is 3.46. The molecule has 1 fully saturated rings. The van der Waals surface area contributed by atoms with E-state index in [2.05, 4.69) is 4.99 Å². The minimum Gasteiger partial charge on any atom is -0.494 e. The van der Waals surface area contributed by atoms with Crippen molar-refractivity contribution in [3.05, 3.63) is 39.5 Å². The fourth-order valence-electron chi connectivity index (χ4n) is 3.70. The van der Waals surface area contributed by atoms with Crippen LogP contribution >= 0.6 is 34.3 Å². The van der Waals surface area contributed by atoms with Crippen LogP contribution in [-0.2, 0) is 21.4 Å². The summed E-state index contributed by atoms with van der Waals surface area (Å²) in [5.74, 6) is 0.322. The topological polar surface area (TPSA) is 81.0 Å². The van der Waals surface area contributed by atoms with Crippen molar-refractivity contribution in [2.45, 2.75) is 43.5 Å². The summed E-state index contributed by atoms with van der Waals surface area (Å²) in [7, 11) is -3.79. The molecule has 0 aliphatic carbocycles. The van der Waals surface area contributed by atoms with E-state index < -0.39 is 22.0 Å². The molecule has 0 spiro atoms. The quantitative estimate of drug-likeness (QED) is 0.511. The predicted molar refractivity (Wildman–Crippen MR) is 123 cm³/mol. The normalized spacial score (nSPS) is 18.2. The van der Waals surface area contributed by atoms with Gasteiger partial charge in [-0.2, -0.15) is 9.30 Å². The number of benzene rings is 1. The molecule has 2 aromatic heterocycles. The number of carbonyl (C=O) groups excluding carboxylic acids is 1. The lowest BCUT2D eigenvalue weighted by molar-refractivity contribution is -0.121. The third kappa shape index (κ3) is 4.31. The van der Waals surface area contributed by atoms with Crippen molar-refractivity contribution >= 4 is 60.4 Å². The Bertz CT molecular complexity index is 1290. The van der Waals surface area contributed by atoms with Crippen LogP contribution in [0.4, 0.5) is 0 Å². The maximum atomic E-state index is 13.1. The summed E-state index contributed by atoms with van der Waals surface area (Å²) in [5, 5.41) is 0. The van der Waals surface area contributed by atoms with Gasteiger partial charge >= 0.3 is 0 Å². The minimum atomic E-state index is -3.79. The lowest BCUT2D eigenvalue weighted by atomic mass is 10.2. The predicted octanol–water partition coefficient (Wildman–Crippen LogP) is 4.12. The molecule has 0 N–H and O–H groups in total. The molecule has 1 aliphatic rings. The van der Waals surface area contributed by atoms with E-state index in [0.29, 0.717) is 41.7 Å². The highest BCUT2D eigenvalue weighted by molar-refractivity contribution is 7.91. The van der Waals surface area contributed by atoms with Gasteiger partial charge in [0.15, 0.2) is 4.80 Å². The molecule has 4 rings (SSSR count). The monoisotopic (exact) mass is 499 g/mol. The Kier molecular flexibility index (Phi) is 6.55. The number of aryl methyl sites for hydroxylation is 1. The zero-order valence-corrected chi connectivity index (χ0v) is 20.3. The molecular formula is C20H22ClN3O4S3. The smallest absolute Gasteiger partial charge is 0.266 e. The fourth-order valence-corrected chi connectivity index (χ4v) is 8.09. The van der Waals surface area contributed by atoms with Gasteiger partial charge in [-0.3, -0.25) is 4.79 Å². The van der Waals surface area contributed by atoms with Crippen molar-refractivity contribution in [3.63, 3.8) is 0 Å². The highest BCUT2D eigenvalue weighted by atomic mass is 35.5. The maximum absolute atomic E-state index is 13.1. The van der Waals surface area contributed by atoms with Gasteiger partial charge < -0.3 is 9.30 Å². The number of fused-ring (bicyclic) bond motifs is 1. The summed E-state index contributed by atoms with van der Waals surface area (Å²) in [6.07, 6.45) is 1.06. The van der Waals surface area contributed by atoms with Crippen LogP contribution < -0.4 is 9.54 Å². The van der Waals surface area contributed by atoms with Crippen LogP contribution in [0.2, 0.25) is 4.34 Å². The van der Waals surface area contributed by atoms with E-state index in [4.69, 9.17) is 16.3 Å². The van der Waals surface area contributed by atoms with Crippen LogP contribution in [0, 0.1) is 0 Å². The molecule has 3 aromatic rings. The first-order valence-corrected chi connectivity index (χ1v) is 13.4. The second kappa shape index (κ2) is 9.03. The molecule has 0 saturated carbocycles. The maximum Gasteiger partial charge on any atom is 0.266 e. The molecule has 1 atom stereocenters. The summed E-state index contributed by atoms with van der Waals surface area (Å²) in [6, 6.07) is 8.01. The number of thiophene rings is 1. The molecule has 31 heavy (non-hydrogen) atoms. The largest absolute Gasteiger partial charge is 0.494 e. The number of carbonyl (C=O) groups is 1. The molecule has 1 saturated heterocycles. The van der Waals surface area contributed by atoms with Crippen molar-refractivity contribution in [2.75, 3.05) is 13.2 Å². The van der Waals surface area contributed by atoms with Gasteiger partial charge in [-0.15, -0.1) is 11.3 Å². The number of sulfonamides is 1. The van der Waals surface area contributed by atoms with Crippen LogP contribution in [0.1, 0.15) is 26.7 Å². The van der Waals surface area contributed by atoms with Gasteiger partial charge in [-0.05, 0) is 57.0 Å². The van der Waals surface area contributed by atoms with Crippen molar-refractivity contribution in [2.24, 2.45) is 4.99 Å². The zero-order chi connectivity index (χ0) is 22.2. The van der Waals surface area contributed by atoms with Gasteiger partial charge in [-0.1, -0.05) is 22.9 Å². The lowest BCUT2D eigenvalue weighted by Gasteiger charge is -2.20. The van der Waals surface area contributed by atoms with E-state index >= 15 is 0 Å². The van der Waals surface area contributed by atoms with Gasteiger partial charge in [0.2, 0.25) is 0 Å². The molecule has 1 unspecified atom stereocenters. The van der Waals surface area contributed by atoms with E-state index in [1.165, 1.54) is 21.7 Å². The number of nitrogens with zero attached hydrogens (tertiary/aromatic N) is 3. The zero-order valence-electron chi connectivity index (χ0n) is 17.1. The number of halogens is 1. The Morgan fingerprint density at radius 3 is 2.74 bits per heavy atom. The van der Waals surface area contributed by atoms with E-state index in [1.54, 1.807) is 6.07 Å². The Labute approximate surface area is 193 Å². The van der Waals surface area contributed by atoms with Crippen LogP contribution in [0.25, 0.3) is 10.2 Å². The first-order valence-electron chi connectivity index (χ1n) is 9.97. The van der Waals surface area contributed by atoms with Crippen LogP contribution in [0.3, 0.4) is 0 Å².